The highest BCUT2D eigenvalue weighted by molar-refractivity contribution is 5.84. The number of likely N-dealkylation sites (N-methyl/N-ethyl adjacent to an activating group) is 1. The van der Waals surface area contributed by atoms with Crippen LogP contribution in [-0.4, -0.2) is 81.7 Å². The SMILES string of the molecule is Cc1ccc(C(C)NC(=NCC(=O)N(C)C)NCCCN2CCOCC2)o1. The summed E-state index contributed by atoms with van der Waals surface area (Å²) in [5.74, 6) is 2.30. The first-order valence-corrected chi connectivity index (χ1v) is 9.57. The maximum Gasteiger partial charge on any atom is 0.243 e. The normalized spacial score (nSPS) is 16.8. The Kier molecular flexibility index (Phi) is 8.60. The van der Waals surface area contributed by atoms with Crippen molar-refractivity contribution < 1.29 is 13.9 Å². The van der Waals surface area contributed by atoms with Gasteiger partial charge in [0.15, 0.2) is 5.96 Å². The molecule has 1 unspecified atom stereocenters. The van der Waals surface area contributed by atoms with Gasteiger partial charge in [-0.15, -0.1) is 0 Å². The number of hydrogen-bond donors (Lipinski definition) is 2. The number of amides is 1. The summed E-state index contributed by atoms with van der Waals surface area (Å²) in [7, 11) is 3.46. The molecule has 0 spiro atoms. The molecule has 1 atom stereocenters. The van der Waals surface area contributed by atoms with Crippen molar-refractivity contribution in [2.24, 2.45) is 4.99 Å². The zero-order valence-corrected chi connectivity index (χ0v) is 17.0. The van der Waals surface area contributed by atoms with Crippen LogP contribution in [0.15, 0.2) is 21.5 Å². The van der Waals surface area contributed by atoms with Crippen molar-refractivity contribution in [1.29, 1.82) is 0 Å². The Bertz CT molecular complexity index is 608. The molecule has 1 aromatic rings. The van der Waals surface area contributed by atoms with Crippen LogP contribution < -0.4 is 10.6 Å². The van der Waals surface area contributed by atoms with Crippen LogP contribution in [0.2, 0.25) is 0 Å². The highest BCUT2D eigenvalue weighted by Crippen LogP contribution is 2.15. The van der Waals surface area contributed by atoms with E-state index in [9.17, 15) is 4.79 Å². The number of aliphatic imine (C=N–C) groups is 1. The number of rotatable bonds is 8. The predicted octanol–water partition coefficient (Wildman–Crippen LogP) is 0.995. The number of morpholine rings is 1. The number of guanidine groups is 1. The van der Waals surface area contributed by atoms with Crippen molar-refractivity contribution in [2.75, 3.05) is 60.0 Å². The van der Waals surface area contributed by atoms with Gasteiger partial charge in [0.25, 0.3) is 0 Å². The lowest BCUT2D eigenvalue weighted by atomic mass is 10.2. The fourth-order valence-corrected chi connectivity index (χ4v) is 2.74. The zero-order valence-electron chi connectivity index (χ0n) is 17.0. The summed E-state index contributed by atoms with van der Waals surface area (Å²) < 4.78 is 11.1. The van der Waals surface area contributed by atoms with Crippen LogP contribution in [-0.2, 0) is 9.53 Å². The third kappa shape index (κ3) is 7.60. The van der Waals surface area contributed by atoms with Gasteiger partial charge < -0.3 is 24.7 Å². The summed E-state index contributed by atoms with van der Waals surface area (Å²) in [5, 5.41) is 6.65. The topological polar surface area (TPSA) is 82.3 Å². The molecular formula is C19H33N5O3. The van der Waals surface area contributed by atoms with Crippen molar-refractivity contribution in [3.63, 3.8) is 0 Å². The van der Waals surface area contributed by atoms with Crippen LogP contribution in [0.4, 0.5) is 0 Å². The van der Waals surface area contributed by atoms with E-state index in [1.54, 1.807) is 19.0 Å². The van der Waals surface area contributed by atoms with E-state index in [0.29, 0.717) is 5.96 Å². The van der Waals surface area contributed by atoms with Gasteiger partial charge in [-0.3, -0.25) is 9.69 Å². The smallest absolute Gasteiger partial charge is 0.243 e. The average molecular weight is 380 g/mol. The van der Waals surface area contributed by atoms with Gasteiger partial charge in [0, 0.05) is 33.7 Å². The van der Waals surface area contributed by atoms with Gasteiger partial charge in [-0.25, -0.2) is 4.99 Å². The van der Waals surface area contributed by atoms with E-state index in [1.165, 1.54) is 0 Å². The van der Waals surface area contributed by atoms with Gasteiger partial charge >= 0.3 is 0 Å². The Morgan fingerprint density at radius 2 is 2.07 bits per heavy atom. The third-order valence-corrected chi connectivity index (χ3v) is 4.46. The third-order valence-electron chi connectivity index (χ3n) is 4.46. The van der Waals surface area contributed by atoms with Gasteiger partial charge in [0.05, 0.1) is 19.3 Å². The molecule has 0 aromatic carbocycles. The minimum Gasteiger partial charge on any atom is -0.464 e. The predicted molar refractivity (Wildman–Crippen MR) is 106 cm³/mol. The van der Waals surface area contributed by atoms with Crippen molar-refractivity contribution >= 4 is 11.9 Å². The number of carbonyl (C=O) groups excluding carboxylic acids is 1. The lowest BCUT2D eigenvalue weighted by molar-refractivity contribution is -0.127. The summed E-state index contributed by atoms with van der Waals surface area (Å²) in [4.78, 5) is 20.2. The Hall–Kier alpha value is -2.06. The quantitative estimate of drug-likeness (QED) is 0.398. The number of ether oxygens (including phenoxy) is 1. The Labute approximate surface area is 161 Å². The fraction of sp³-hybridized carbons (Fsp3) is 0.684. The van der Waals surface area contributed by atoms with Crippen molar-refractivity contribution in [3.05, 3.63) is 23.7 Å². The lowest BCUT2D eigenvalue weighted by Gasteiger charge is -2.26. The summed E-state index contributed by atoms with van der Waals surface area (Å²) in [6.45, 7) is 9.45. The Morgan fingerprint density at radius 3 is 2.70 bits per heavy atom. The van der Waals surface area contributed by atoms with Crippen LogP contribution in [0.25, 0.3) is 0 Å². The molecule has 1 fully saturated rings. The van der Waals surface area contributed by atoms with Crippen LogP contribution in [0.5, 0.6) is 0 Å². The number of nitrogens with zero attached hydrogens (tertiary/aromatic N) is 3. The Balaban J connectivity index is 1.86. The summed E-state index contributed by atoms with van der Waals surface area (Å²) in [5.41, 5.74) is 0. The van der Waals surface area contributed by atoms with E-state index < -0.39 is 0 Å². The van der Waals surface area contributed by atoms with Crippen molar-refractivity contribution in [2.45, 2.75) is 26.3 Å². The molecule has 152 valence electrons. The number of furan rings is 1. The number of nitrogens with one attached hydrogen (secondary N) is 2. The van der Waals surface area contributed by atoms with E-state index in [0.717, 1.165) is 57.3 Å². The molecule has 2 rings (SSSR count). The number of carbonyl (C=O) groups is 1. The molecule has 1 aromatic heterocycles. The maximum absolute atomic E-state index is 11.9. The second-order valence-corrected chi connectivity index (χ2v) is 7.00. The van der Waals surface area contributed by atoms with Crippen LogP contribution in [0.1, 0.15) is 30.9 Å². The van der Waals surface area contributed by atoms with Crippen LogP contribution in [0, 0.1) is 6.92 Å². The summed E-state index contributed by atoms with van der Waals surface area (Å²) in [6, 6.07) is 3.85. The lowest BCUT2D eigenvalue weighted by Crippen LogP contribution is -2.42. The molecule has 2 heterocycles. The van der Waals surface area contributed by atoms with E-state index in [-0.39, 0.29) is 18.5 Å². The van der Waals surface area contributed by atoms with Gasteiger partial charge in [0.2, 0.25) is 5.91 Å². The minimum atomic E-state index is -0.0429. The monoisotopic (exact) mass is 379 g/mol. The first kappa shape index (κ1) is 21.2. The van der Waals surface area contributed by atoms with Gasteiger partial charge in [0.1, 0.15) is 18.1 Å². The summed E-state index contributed by atoms with van der Waals surface area (Å²) >= 11 is 0. The maximum atomic E-state index is 11.9. The molecule has 1 amide bonds. The first-order valence-electron chi connectivity index (χ1n) is 9.57. The van der Waals surface area contributed by atoms with Crippen LogP contribution >= 0.6 is 0 Å². The molecule has 8 heteroatoms. The van der Waals surface area contributed by atoms with E-state index >= 15 is 0 Å². The second kappa shape index (κ2) is 10.9. The van der Waals surface area contributed by atoms with Crippen molar-refractivity contribution in [3.8, 4) is 0 Å². The molecule has 1 saturated heterocycles. The van der Waals surface area contributed by atoms with Gasteiger partial charge in [-0.1, -0.05) is 0 Å². The molecule has 27 heavy (non-hydrogen) atoms. The molecule has 1 aliphatic rings. The fourth-order valence-electron chi connectivity index (χ4n) is 2.74. The molecule has 0 bridgehead atoms. The molecule has 0 saturated carbocycles. The first-order chi connectivity index (χ1) is 13.0. The van der Waals surface area contributed by atoms with Crippen LogP contribution in [0.3, 0.4) is 0 Å². The highest BCUT2D eigenvalue weighted by atomic mass is 16.5. The van der Waals surface area contributed by atoms with E-state index in [4.69, 9.17) is 9.15 Å². The summed E-state index contributed by atoms with van der Waals surface area (Å²) in [6.07, 6.45) is 0.997. The number of aryl methyl sites for hydroxylation is 1. The minimum absolute atomic E-state index is 0.0362. The standard InChI is InChI=1S/C19H33N5O3/c1-15-6-7-17(27-15)16(2)22-19(21-14-18(25)23(3)4)20-8-5-9-24-10-12-26-13-11-24/h6-7,16H,5,8-14H2,1-4H3,(H2,20,21,22). The van der Waals surface area contributed by atoms with E-state index in [1.807, 2.05) is 26.0 Å². The largest absolute Gasteiger partial charge is 0.464 e. The average Bonchev–Trinajstić information content (AvgIpc) is 3.10. The van der Waals surface area contributed by atoms with Crippen molar-refractivity contribution in [1.82, 2.24) is 20.4 Å². The zero-order chi connectivity index (χ0) is 19.6. The number of hydrogen-bond acceptors (Lipinski definition) is 5. The molecule has 2 N–H and O–H groups in total. The van der Waals surface area contributed by atoms with Gasteiger partial charge in [-0.2, -0.15) is 0 Å². The van der Waals surface area contributed by atoms with E-state index in [2.05, 4.69) is 20.5 Å². The molecule has 8 nitrogen and oxygen atoms in total. The molecular weight excluding hydrogens is 346 g/mol. The highest BCUT2D eigenvalue weighted by Gasteiger charge is 2.13. The molecule has 0 aliphatic carbocycles. The Morgan fingerprint density at radius 1 is 1.33 bits per heavy atom. The van der Waals surface area contributed by atoms with Gasteiger partial charge in [-0.05, 0) is 38.9 Å². The molecule has 1 aliphatic heterocycles. The second-order valence-electron chi connectivity index (χ2n) is 7.00. The molecule has 0 radical (unpaired) electrons.